The molecule has 2 unspecified atom stereocenters. The fourth-order valence-electron chi connectivity index (χ4n) is 2.21. The molecule has 0 radical (unpaired) electrons. The van der Waals surface area contributed by atoms with Gasteiger partial charge in [0.2, 0.25) is 0 Å². The van der Waals surface area contributed by atoms with E-state index in [1.807, 2.05) is 26.5 Å². The third-order valence-corrected chi connectivity index (χ3v) is 3.30. The van der Waals surface area contributed by atoms with E-state index in [0.717, 1.165) is 31.5 Å². The molecule has 0 saturated carbocycles. The van der Waals surface area contributed by atoms with E-state index in [2.05, 4.69) is 21.8 Å². The van der Waals surface area contributed by atoms with Crippen LogP contribution in [0.1, 0.15) is 32.0 Å². The monoisotopic (exact) mass is 239 g/mol. The van der Waals surface area contributed by atoms with Crippen LogP contribution in [0.3, 0.4) is 0 Å². The molecule has 2 atom stereocenters. The highest BCUT2D eigenvalue weighted by molar-refractivity contribution is 4.92. The number of ether oxygens (including phenoxy) is 1. The van der Waals surface area contributed by atoms with Crippen LogP contribution in [0.2, 0.25) is 0 Å². The molecule has 0 aliphatic heterocycles. The molecular weight excluding hydrogens is 214 g/mol. The molecule has 0 aliphatic carbocycles. The maximum absolute atomic E-state index is 5.55. The number of hydrogen-bond acceptors (Lipinski definition) is 3. The van der Waals surface area contributed by atoms with Gasteiger partial charge in [0, 0.05) is 39.0 Å². The molecule has 0 saturated heterocycles. The number of aromatic nitrogens is 2. The van der Waals surface area contributed by atoms with E-state index < -0.39 is 0 Å². The molecule has 1 N–H and O–H groups in total. The van der Waals surface area contributed by atoms with Gasteiger partial charge < -0.3 is 14.6 Å². The number of aryl methyl sites for hydroxylation is 2. The summed E-state index contributed by atoms with van der Waals surface area (Å²) in [6.07, 6.45) is 8.43. The van der Waals surface area contributed by atoms with Crippen molar-refractivity contribution < 1.29 is 4.74 Å². The summed E-state index contributed by atoms with van der Waals surface area (Å²) in [5, 5.41) is 3.36. The van der Waals surface area contributed by atoms with Crippen LogP contribution < -0.4 is 5.32 Å². The molecule has 0 aliphatic rings. The molecule has 17 heavy (non-hydrogen) atoms. The van der Waals surface area contributed by atoms with Crippen LogP contribution in [0.5, 0.6) is 0 Å². The minimum atomic E-state index is 0.297. The van der Waals surface area contributed by atoms with E-state index in [9.17, 15) is 0 Å². The van der Waals surface area contributed by atoms with Gasteiger partial charge in [-0.3, -0.25) is 0 Å². The van der Waals surface area contributed by atoms with Gasteiger partial charge in [-0.1, -0.05) is 13.3 Å². The molecule has 0 amide bonds. The summed E-state index contributed by atoms with van der Waals surface area (Å²) >= 11 is 0. The molecule has 1 aromatic rings. The lowest BCUT2D eigenvalue weighted by Crippen LogP contribution is -2.39. The Bertz CT molecular complexity index is 311. The fraction of sp³-hybridized carbons (Fsp3) is 0.769. The van der Waals surface area contributed by atoms with Gasteiger partial charge in [0.1, 0.15) is 5.82 Å². The van der Waals surface area contributed by atoms with E-state index in [1.54, 1.807) is 7.11 Å². The lowest BCUT2D eigenvalue weighted by Gasteiger charge is -2.25. The van der Waals surface area contributed by atoms with Crippen LogP contribution in [0.15, 0.2) is 12.4 Å². The van der Waals surface area contributed by atoms with Gasteiger partial charge in [0.25, 0.3) is 0 Å². The molecule has 1 aromatic heterocycles. The first kappa shape index (κ1) is 14.2. The second-order valence-corrected chi connectivity index (χ2v) is 4.45. The fourth-order valence-corrected chi connectivity index (χ4v) is 2.21. The summed E-state index contributed by atoms with van der Waals surface area (Å²) in [4.78, 5) is 4.35. The Morgan fingerprint density at radius 1 is 1.47 bits per heavy atom. The highest BCUT2D eigenvalue weighted by Gasteiger charge is 2.19. The van der Waals surface area contributed by atoms with Gasteiger partial charge in [-0.2, -0.15) is 0 Å². The number of likely N-dealkylation sites (N-methyl/N-ethyl adjacent to an activating group) is 1. The Morgan fingerprint density at radius 3 is 2.71 bits per heavy atom. The van der Waals surface area contributed by atoms with Crippen LogP contribution in [0, 0.1) is 0 Å². The molecule has 98 valence electrons. The molecule has 1 rings (SSSR count). The minimum absolute atomic E-state index is 0.297. The van der Waals surface area contributed by atoms with Gasteiger partial charge in [0.15, 0.2) is 0 Å². The average molecular weight is 239 g/mol. The molecule has 0 bridgehead atoms. The highest BCUT2D eigenvalue weighted by Crippen LogP contribution is 2.12. The van der Waals surface area contributed by atoms with E-state index in [1.165, 1.54) is 0 Å². The Kier molecular flexibility index (Phi) is 6.22. The summed E-state index contributed by atoms with van der Waals surface area (Å²) in [6, 6.07) is 0.400. The first-order valence-electron chi connectivity index (χ1n) is 6.39. The quantitative estimate of drug-likeness (QED) is 0.751. The predicted octanol–water partition coefficient (Wildman–Crippen LogP) is 1.76. The normalized spacial score (nSPS) is 14.8. The van der Waals surface area contributed by atoms with Gasteiger partial charge in [0.05, 0.1) is 6.10 Å². The van der Waals surface area contributed by atoms with Crippen molar-refractivity contribution in [3.8, 4) is 0 Å². The van der Waals surface area contributed by atoms with Crippen LogP contribution >= 0.6 is 0 Å². The molecule has 0 spiro atoms. The molecular formula is C13H25N3O. The Hall–Kier alpha value is -0.870. The molecule has 0 aromatic carbocycles. The zero-order chi connectivity index (χ0) is 12.7. The number of hydrogen-bond donors (Lipinski definition) is 1. The van der Waals surface area contributed by atoms with Gasteiger partial charge in [-0.25, -0.2) is 4.98 Å². The Balaban J connectivity index is 2.49. The Morgan fingerprint density at radius 2 is 2.24 bits per heavy atom. The topological polar surface area (TPSA) is 39.1 Å². The Labute approximate surface area is 104 Å². The van der Waals surface area contributed by atoms with Crippen LogP contribution in [-0.4, -0.2) is 35.9 Å². The lowest BCUT2D eigenvalue weighted by molar-refractivity contribution is 0.0605. The van der Waals surface area contributed by atoms with Crippen molar-refractivity contribution in [2.24, 2.45) is 7.05 Å². The second-order valence-electron chi connectivity index (χ2n) is 4.45. The van der Waals surface area contributed by atoms with Crippen molar-refractivity contribution in [3.63, 3.8) is 0 Å². The zero-order valence-corrected chi connectivity index (χ0v) is 11.4. The molecule has 4 nitrogen and oxygen atoms in total. The van der Waals surface area contributed by atoms with E-state index >= 15 is 0 Å². The number of rotatable bonds is 8. The average Bonchev–Trinajstić information content (AvgIpc) is 2.74. The maximum atomic E-state index is 5.55. The molecule has 1 heterocycles. The van der Waals surface area contributed by atoms with Crippen LogP contribution in [-0.2, 0) is 18.2 Å². The largest absolute Gasteiger partial charge is 0.380 e. The highest BCUT2D eigenvalue weighted by atomic mass is 16.5. The standard InChI is InChI=1S/C13H25N3O/c1-5-6-12(17-4)11(14-2)7-8-13-15-9-10-16(13)3/h9-12,14H,5-8H2,1-4H3. The first-order valence-corrected chi connectivity index (χ1v) is 6.39. The summed E-state index contributed by atoms with van der Waals surface area (Å²) in [5.41, 5.74) is 0. The maximum Gasteiger partial charge on any atom is 0.108 e. The van der Waals surface area contributed by atoms with Crippen LogP contribution in [0.4, 0.5) is 0 Å². The number of nitrogens with zero attached hydrogens (tertiary/aromatic N) is 2. The van der Waals surface area contributed by atoms with E-state index in [0.29, 0.717) is 12.1 Å². The van der Waals surface area contributed by atoms with Gasteiger partial charge in [-0.05, 0) is 19.9 Å². The summed E-state index contributed by atoms with van der Waals surface area (Å²) in [7, 11) is 5.84. The number of methoxy groups -OCH3 is 1. The van der Waals surface area contributed by atoms with Gasteiger partial charge in [-0.15, -0.1) is 0 Å². The smallest absolute Gasteiger partial charge is 0.108 e. The third kappa shape index (κ3) is 4.13. The second kappa shape index (κ2) is 7.45. The van der Waals surface area contributed by atoms with E-state index in [4.69, 9.17) is 4.74 Å². The lowest BCUT2D eigenvalue weighted by atomic mass is 10.0. The van der Waals surface area contributed by atoms with Crippen molar-refractivity contribution in [1.82, 2.24) is 14.9 Å². The zero-order valence-electron chi connectivity index (χ0n) is 11.4. The van der Waals surface area contributed by atoms with Crippen molar-refractivity contribution in [2.75, 3.05) is 14.2 Å². The van der Waals surface area contributed by atoms with E-state index in [-0.39, 0.29) is 0 Å². The first-order chi connectivity index (χ1) is 8.22. The third-order valence-electron chi connectivity index (χ3n) is 3.30. The predicted molar refractivity (Wildman–Crippen MR) is 70.1 cm³/mol. The van der Waals surface area contributed by atoms with Crippen molar-refractivity contribution >= 4 is 0 Å². The van der Waals surface area contributed by atoms with Crippen LogP contribution in [0.25, 0.3) is 0 Å². The minimum Gasteiger partial charge on any atom is -0.380 e. The molecule has 4 heteroatoms. The SMILES string of the molecule is CCCC(OC)C(CCc1nccn1C)NC. The summed E-state index contributed by atoms with van der Waals surface area (Å²) in [5.74, 6) is 1.14. The summed E-state index contributed by atoms with van der Waals surface area (Å²) < 4.78 is 7.63. The number of imidazole rings is 1. The van der Waals surface area contributed by atoms with Gasteiger partial charge >= 0.3 is 0 Å². The van der Waals surface area contributed by atoms with Crippen molar-refractivity contribution in [2.45, 2.75) is 44.8 Å². The number of nitrogens with one attached hydrogen (secondary N) is 1. The molecule has 0 fully saturated rings. The summed E-state index contributed by atoms with van der Waals surface area (Å²) in [6.45, 7) is 2.19. The van der Waals surface area contributed by atoms with Crippen molar-refractivity contribution in [1.29, 1.82) is 0 Å². The van der Waals surface area contributed by atoms with Crippen molar-refractivity contribution in [3.05, 3.63) is 18.2 Å².